The molecule has 0 atom stereocenters. The highest BCUT2D eigenvalue weighted by Crippen LogP contribution is 2.36. The monoisotopic (exact) mass is 397 g/mol. The van der Waals surface area contributed by atoms with Gasteiger partial charge in [-0.15, -0.1) is 11.3 Å². The van der Waals surface area contributed by atoms with E-state index in [1.54, 1.807) is 17.3 Å². The van der Waals surface area contributed by atoms with Gasteiger partial charge in [0, 0.05) is 54.9 Å². The first kappa shape index (κ1) is 19.6. The zero-order valence-electron chi connectivity index (χ0n) is 16.9. The van der Waals surface area contributed by atoms with Gasteiger partial charge in [0.15, 0.2) is 0 Å². The second kappa shape index (κ2) is 9.19. The molecule has 0 unspecified atom stereocenters. The maximum atomic E-state index is 12.8. The SMILES string of the molecule is Cc1cncc(C(=O)N2CCCN(Cc3ccc(C4CCCCC4)s3)CC2)c1. The Hall–Kier alpha value is -1.72. The van der Waals surface area contributed by atoms with Crippen LogP contribution in [-0.2, 0) is 6.54 Å². The molecule has 4 nitrogen and oxygen atoms in total. The minimum atomic E-state index is 0.119. The number of carbonyl (C=O) groups excluding carboxylic acids is 1. The smallest absolute Gasteiger partial charge is 0.255 e. The van der Waals surface area contributed by atoms with Crippen LogP contribution in [0.2, 0.25) is 0 Å². The van der Waals surface area contributed by atoms with Gasteiger partial charge < -0.3 is 4.90 Å². The second-order valence-electron chi connectivity index (χ2n) is 8.31. The van der Waals surface area contributed by atoms with E-state index in [-0.39, 0.29) is 5.91 Å². The number of hydrogen-bond acceptors (Lipinski definition) is 4. The maximum absolute atomic E-state index is 12.8. The Kier molecular flexibility index (Phi) is 6.43. The van der Waals surface area contributed by atoms with Gasteiger partial charge in [0.2, 0.25) is 0 Å². The first-order valence-electron chi connectivity index (χ1n) is 10.7. The number of amides is 1. The van der Waals surface area contributed by atoms with Gasteiger partial charge in [0.1, 0.15) is 0 Å². The summed E-state index contributed by atoms with van der Waals surface area (Å²) in [6.07, 6.45) is 11.5. The number of aromatic nitrogens is 1. The number of hydrogen-bond donors (Lipinski definition) is 0. The lowest BCUT2D eigenvalue weighted by molar-refractivity contribution is 0.0760. The van der Waals surface area contributed by atoms with Crippen molar-refractivity contribution >= 4 is 17.2 Å². The molecule has 0 bridgehead atoms. The summed E-state index contributed by atoms with van der Waals surface area (Å²) in [6, 6.07) is 6.64. The Balaban J connectivity index is 1.33. The molecule has 0 spiro atoms. The minimum Gasteiger partial charge on any atom is -0.337 e. The molecule has 1 amide bonds. The van der Waals surface area contributed by atoms with Crippen molar-refractivity contribution in [1.82, 2.24) is 14.8 Å². The van der Waals surface area contributed by atoms with E-state index < -0.39 is 0 Å². The first-order valence-corrected chi connectivity index (χ1v) is 11.5. The molecule has 150 valence electrons. The molecule has 1 saturated heterocycles. The van der Waals surface area contributed by atoms with E-state index >= 15 is 0 Å². The van der Waals surface area contributed by atoms with Crippen molar-refractivity contribution in [2.75, 3.05) is 26.2 Å². The number of thiophene rings is 1. The topological polar surface area (TPSA) is 36.4 Å². The number of carbonyl (C=O) groups is 1. The summed E-state index contributed by atoms with van der Waals surface area (Å²) >= 11 is 2.01. The fourth-order valence-corrected chi connectivity index (χ4v) is 5.72. The summed E-state index contributed by atoms with van der Waals surface area (Å²) in [5.74, 6) is 0.918. The van der Waals surface area contributed by atoms with Crippen molar-refractivity contribution in [3.05, 3.63) is 51.5 Å². The fourth-order valence-electron chi connectivity index (χ4n) is 4.49. The Labute approximate surface area is 172 Å². The lowest BCUT2D eigenvalue weighted by Gasteiger charge is -2.22. The Morgan fingerprint density at radius 3 is 2.75 bits per heavy atom. The van der Waals surface area contributed by atoms with Crippen molar-refractivity contribution in [2.24, 2.45) is 0 Å². The predicted octanol–water partition coefficient (Wildman–Crippen LogP) is 4.85. The average molecular weight is 398 g/mol. The molecule has 2 aromatic rings. The normalized spacial score (nSPS) is 19.5. The van der Waals surface area contributed by atoms with Crippen LogP contribution in [0.25, 0.3) is 0 Å². The van der Waals surface area contributed by atoms with Gasteiger partial charge in [-0.1, -0.05) is 19.3 Å². The number of nitrogens with zero attached hydrogens (tertiary/aromatic N) is 3. The van der Waals surface area contributed by atoms with E-state index in [0.717, 1.165) is 50.6 Å². The van der Waals surface area contributed by atoms with Crippen LogP contribution < -0.4 is 0 Å². The lowest BCUT2D eigenvalue weighted by Crippen LogP contribution is -2.35. The first-order chi connectivity index (χ1) is 13.7. The molecule has 1 saturated carbocycles. The fraction of sp³-hybridized carbons (Fsp3) is 0.565. The van der Waals surface area contributed by atoms with E-state index in [1.165, 1.54) is 37.0 Å². The molecule has 1 aliphatic heterocycles. The van der Waals surface area contributed by atoms with Gasteiger partial charge in [0.25, 0.3) is 5.91 Å². The van der Waals surface area contributed by atoms with Crippen LogP contribution in [0.4, 0.5) is 0 Å². The van der Waals surface area contributed by atoms with Gasteiger partial charge in [-0.25, -0.2) is 0 Å². The van der Waals surface area contributed by atoms with E-state index in [1.807, 2.05) is 29.2 Å². The Bertz CT molecular complexity index is 797. The zero-order chi connectivity index (χ0) is 19.3. The minimum absolute atomic E-state index is 0.119. The Morgan fingerprint density at radius 1 is 1.07 bits per heavy atom. The standard InChI is InChI=1S/C23H31N3OS/c1-18-14-20(16-24-15-18)23(27)26-11-5-10-25(12-13-26)17-21-8-9-22(28-21)19-6-3-2-4-7-19/h8-9,14-16,19H,2-7,10-13,17H2,1H3. The van der Waals surface area contributed by atoms with Crippen LogP contribution in [-0.4, -0.2) is 46.9 Å². The van der Waals surface area contributed by atoms with Crippen LogP contribution >= 0.6 is 11.3 Å². The van der Waals surface area contributed by atoms with E-state index in [9.17, 15) is 4.79 Å². The molecule has 2 aromatic heterocycles. The van der Waals surface area contributed by atoms with Crippen LogP contribution in [0.5, 0.6) is 0 Å². The maximum Gasteiger partial charge on any atom is 0.255 e. The number of aryl methyl sites for hydroxylation is 1. The summed E-state index contributed by atoms with van der Waals surface area (Å²) < 4.78 is 0. The van der Waals surface area contributed by atoms with Crippen molar-refractivity contribution in [1.29, 1.82) is 0 Å². The average Bonchev–Trinajstić information content (AvgIpc) is 3.06. The van der Waals surface area contributed by atoms with E-state index in [2.05, 4.69) is 22.0 Å². The molecule has 0 radical (unpaired) electrons. The van der Waals surface area contributed by atoms with Gasteiger partial charge >= 0.3 is 0 Å². The van der Waals surface area contributed by atoms with Crippen molar-refractivity contribution in [2.45, 2.75) is 57.9 Å². The highest BCUT2D eigenvalue weighted by atomic mass is 32.1. The van der Waals surface area contributed by atoms with Crippen molar-refractivity contribution in [3.8, 4) is 0 Å². The summed E-state index contributed by atoms with van der Waals surface area (Å²) in [6.45, 7) is 6.64. The number of rotatable bonds is 4. The Morgan fingerprint density at radius 2 is 1.93 bits per heavy atom. The lowest BCUT2D eigenvalue weighted by atomic mass is 9.88. The highest BCUT2D eigenvalue weighted by Gasteiger charge is 2.22. The third-order valence-corrected chi connectivity index (χ3v) is 7.30. The van der Waals surface area contributed by atoms with Crippen LogP contribution in [0.1, 0.15) is 70.1 Å². The molecular formula is C23H31N3OS. The largest absolute Gasteiger partial charge is 0.337 e. The van der Waals surface area contributed by atoms with Crippen LogP contribution in [0.15, 0.2) is 30.6 Å². The second-order valence-corrected chi connectivity index (χ2v) is 9.51. The van der Waals surface area contributed by atoms with Crippen LogP contribution in [0.3, 0.4) is 0 Å². The van der Waals surface area contributed by atoms with Gasteiger partial charge in [-0.05, 0) is 55.9 Å². The molecule has 2 fully saturated rings. The van der Waals surface area contributed by atoms with Crippen molar-refractivity contribution in [3.63, 3.8) is 0 Å². The third kappa shape index (κ3) is 4.81. The summed E-state index contributed by atoms with van der Waals surface area (Å²) in [5.41, 5.74) is 1.75. The molecule has 5 heteroatoms. The summed E-state index contributed by atoms with van der Waals surface area (Å²) in [5, 5.41) is 0. The van der Waals surface area contributed by atoms with Gasteiger partial charge in [0.05, 0.1) is 5.56 Å². The molecule has 0 N–H and O–H groups in total. The van der Waals surface area contributed by atoms with Gasteiger partial charge in [-0.2, -0.15) is 0 Å². The van der Waals surface area contributed by atoms with Crippen LogP contribution in [0, 0.1) is 6.92 Å². The highest BCUT2D eigenvalue weighted by molar-refractivity contribution is 7.12. The molecule has 0 aromatic carbocycles. The molecule has 3 heterocycles. The van der Waals surface area contributed by atoms with Crippen molar-refractivity contribution < 1.29 is 4.79 Å². The summed E-state index contributed by atoms with van der Waals surface area (Å²) in [7, 11) is 0. The molecule has 28 heavy (non-hydrogen) atoms. The number of pyridine rings is 1. The zero-order valence-corrected chi connectivity index (χ0v) is 17.7. The van der Waals surface area contributed by atoms with Gasteiger partial charge in [-0.3, -0.25) is 14.7 Å². The molecular weight excluding hydrogens is 366 g/mol. The molecule has 2 aliphatic rings. The summed E-state index contributed by atoms with van der Waals surface area (Å²) in [4.78, 5) is 24.6. The molecule has 4 rings (SSSR count). The molecule has 1 aliphatic carbocycles. The predicted molar refractivity (Wildman–Crippen MR) is 115 cm³/mol. The van der Waals surface area contributed by atoms with E-state index in [0.29, 0.717) is 5.56 Å². The quantitative estimate of drug-likeness (QED) is 0.740. The third-order valence-electron chi connectivity index (χ3n) is 6.07. The van der Waals surface area contributed by atoms with E-state index in [4.69, 9.17) is 0 Å².